The number of hydrogen-bond donors (Lipinski definition) is 0. The molecule has 0 unspecified atom stereocenters. The SMILES string of the molecule is COc1ccc2c(c1)C(=O)CC1(CCN(C(=O)c3ccc4c(c3)C(=O)N(CC(C)C)C4=O)CC1)O2. The zero-order valence-corrected chi connectivity index (χ0v) is 20.1. The van der Waals surface area contributed by atoms with E-state index in [-0.39, 0.29) is 41.4 Å². The fourth-order valence-electron chi connectivity index (χ4n) is 5.13. The van der Waals surface area contributed by atoms with Crippen LogP contribution in [0.2, 0.25) is 0 Å². The highest BCUT2D eigenvalue weighted by Crippen LogP contribution is 2.40. The average Bonchev–Trinajstić information content (AvgIpc) is 3.08. The molecule has 2 aromatic carbocycles. The number of benzene rings is 2. The zero-order chi connectivity index (χ0) is 24.9. The summed E-state index contributed by atoms with van der Waals surface area (Å²) < 4.78 is 11.5. The molecule has 8 nitrogen and oxygen atoms in total. The standard InChI is InChI=1S/C27H28N2O6/c1-16(2)15-29-25(32)19-6-4-17(12-20(19)26(29)33)24(31)28-10-8-27(9-11-28)14-22(30)21-13-18(34-3)5-7-23(21)35-27/h4-7,12-13,16H,8-11,14-15H2,1-3H3. The van der Waals surface area contributed by atoms with Crippen molar-refractivity contribution < 1.29 is 28.7 Å². The van der Waals surface area contributed by atoms with Crippen LogP contribution in [0.25, 0.3) is 0 Å². The third kappa shape index (κ3) is 3.96. The Hall–Kier alpha value is -3.68. The lowest BCUT2D eigenvalue weighted by molar-refractivity contribution is -0.00578. The van der Waals surface area contributed by atoms with Crippen LogP contribution in [0, 0.1) is 5.92 Å². The van der Waals surface area contributed by atoms with E-state index in [1.807, 2.05) is 13.8 Å². The molecule has 1 fully saturated rings. The van der Waals surface area contributed by atoms with E-state index < -0.39 is 5.60 Å². The molecule has 0 N–H and O–H groups in total. The maximum atomic E-state index is 13.2. The Morgan fingerprint density at radius 3 is 2.40 bits per heavy atom. The number of fused-ring (bicyclic) bond motifs is 2. The molecule has 0 radical (unpaired) electrons. The van der Waals surface area contributed by atoms with Crippen molar-refractivity contribution in [2.24, 2.45) is 5.92 Å². The van der Waals surface area contributed by atoms with Gasteiger partial charge in [-0.25, -0.2) is 0 Å². The Balaban J connectivity index is 1.29. The third-order valence-corrected chi connectivity index (χ3v) is 7.02. The smallest absolute Gasteiger partial charge is 0.261 e. The summed E-state index contributed by atoms with van der Waals surface area (Å²) >= 11 is 0. The van der Waals surface area contributed by atoms with E-state index in [0.29, 0.717) is 60.7 Å². The number of piperidine rings is 1. The summed E-state index contributed by atoms with van der Waals surface area (Å²) in [5.41, 5.74) is 0.896. The van der Waals surface area contributed by atoms with Gasteiger partial charge in [0.2, 0.25) is 0 Å². The number of Topliss-reactive ketones (excluding diaryl/α,β-unsaturated/α-hetero) is 1. The molecular weight excluding hydrogens is 448 g/mol. The highest BCUT2D eigenvalue weighted by molar-refractivity contribution is 6.22. The summed E-state index contributed by atoms with van der Waals surface area (Å²) in [6.45, 7) is 5.10. The maximum absolute atomic E-state index is 13.2. The number of ether oxygens (including phenoxy) is 2. The molecule has 0 aliphatic carbocycles. The molecule has 0 saturated carbocycles. The van der Waals surface area contributed by atoms with Crippen LogP contribution in [0.5, 0.6) is 11.5 Å². The predicted octanol–water partition coefficient (Wildman–Crippen LogP) is 3.59. The van der Waals surface area contributed by atoms with Crippen molar-refractivity contribution in [3.05, 3.63) is 58.7 Å². The quantitative estimate of drug-likeness (QED) is 0.626. The number of nitrogens with zero attached hydrogens (tertiary/aromatic N) is 2. The minimum atomic E-state index is -0.632. The highest BCUT2D eigenvalue weighted by Gasteiger charge is 2.44. The largest absolute Gasteiger partial charge is 0.497 e. The van der Waals surface area contributed by atoms with Crippen LogP contribution in [0.4, 0.5) is 0 Å². The molecule has 3 amide bonds. The number of carbonyl (C=O) groups excluding carboxylic acids is 4. The van der Waals surface area contributed by atoms with E-state index in [9.17, 15) is 19.2 Å². The van der Waals surface area contributed by atoms with Gasteiger partial charge < -0.3 is 14.4 Å². The van der Waals surface area contributed by atoms with E-state index >= 15 is 0 Å². The van der Waals surface area contributed by atoms with Gasteiger partial charge in [-0.15, -0.1) is 0 Å². The van der Waals surface area contributed by atoms with Gasteiger partial charge in [-0.1, -0.05) is 13.8 Å². The normalized spacial score (nSPS) is 18.6. The van der Waals surface area contributed by atoms with Gasteiger partial charge in [0.15, 0.2) is 5.78 Å². The minimum Gasteiger partial charge on any atom is -0.497 e. The summed E-state index contributed by atoms with van der Waals surface area (Å²) in [6.07, 6.45) is 1.32. The van der Waals surface area contributed by atoms with Crippen molar-refractivity contribution >= 4 is 23.5 Å². The molecule has 3 aliphatic heterocycles. The molecule has 0 aromatic heterocycles. The van der Waals surface area contributed by atoms with Gasteiger partial charge in [0, 0.05) is 38.0 Å². The molecule has 0 atom stereocenters. The first-order valence-corrected chi connectivity index (χ1v) is 11.9. The van der Waals surface area contributed by atoms with Gasteiger partial charge in [-0.05, 0) is 42.3 Å². The Morgan fingerprint density at radius 2 is 1.71 bits per heavy atom. The van der Waals surface area contributed by atoms with Crippen LogP contribution in [0.3, 0.4) is 0 Å². The summed E-state index contributed by atoms with van der Waals surface area (Å²) in [5.74, 6) is 0.468. The van der Waals surface area contributed by atoms with Gasteiger partial charge in [-0.2, -0.15) is 0 Å². The fourth-order valence-corrected chi connectivity index (χ4v) is 5.13. The Morgan fingerprint density at radius 1 is 1.00 bits per heavy atom. The molecule has 35 heavy (non-hydrogen) atoms. The minimum absolute atomic E-state index is 0.0117. The van der Waals surface area contributed by atoms with Crippen LogP contribution in [-0.4, -0.2) is 65.6 Å². The number of amides is 3. The molecule has 5 rings (SSSR count). The summed E-state index contributed by atoms with van der Waals surface area (Å²) in [4.78, 5) is 54.5. The van der Waals surface area contributed by atoms with E-state index in [0.717, 1.165) is 0 Å². The second-order valence-corrected chi connectivity index (χ2v) is 9.91. The number of rotatable bonds is 4. The van der Waals surface area contributed by atoms with Crippen molar-refractivity contribution in [3.8, 4) is 11.5 Å². The molecular formula is C27H28N2O6. The van der Waals surface area contributed by atoms with E-state index in [4.69, 9.17) is 9.47 Å². The first-order valence-electron chi connectivity index (χ1n) is 11.9. The molecule has 3 heterocycles. The van der Waals surface area contributed by atoms with Crippen molar-refractivity contribution in [1.29, 1.82) is 0 Å². The lowest BCUT2D eigenvalue weighted by atomic mass is 9.82. The van der Waals surface area contributed by atoms with Gasteiger partial charge in [0.1, 0.15) is 17.1 Å². The summed E-state index contributed by atoms with van der Waals surface area (Å²) in [6, 6.07) is 9.95. The predicted molar refractivity (Wildman–Crippen MR) is 127 cm³/mol. The van der Waals surface area contributed by atoms with Crippen LogP contribution in [0.1, 0.15) is 74.5 Å². The van der Waals surface area contributed by atoms with Crippen molar-refractivity contribution in [2.75, 3.05) is 26.7 Å². The van der Waals surface area contributed by atoms with Gasteiger partial charge in [0.25, 0.3) is 17.7 Å². The fraction of sp³-hybridized carbons (Fsp3) is 0.407. The molecule has 8 heteroatoms. The molecule has 182 valence electrons. The molecule has 2 aromatic rings. The molecule has 3 aliphatic rings. The first-order chi connectivity index (χ1) is 16.7. The molecule has 0 bridgehead atoms. The van der Waals surface area contributed by atoms with Gasteiger partial charge in [0.05, 0.1) is 30.2 Å². The number of carbonyl (C=O) groups is 4. The van der Waals surface area contributed by atoms with E-state index in [2.05, 4.69) is 0 Å². The molecule has 1 saturated heterocycles. The highest BCUT2D eigenvalue weighted by atomic mass is 16.5. The Bertz CT molecular complexity index is 1240. The number of likely N-dealkylation sites (tertiary alicyclic amines) is 1. The Kier molecular flexibility index (Phi) is 5.62. The second-order valence-electron chi connectivity index (χ2n) is 9.91. The van der Waals surface area contributed by atoms with Crippen molar-refractivity contribution in [1.82, 2.24) is 9.80 Å². The third-order valence-electron chi connectivity index (χ3n) is 7.02. The zero-order valence-electron chi connectivity index (χ0n) is 20.1. The van der Waals surface area contributed by atoms with Gasteiger partial charge >= 0.3 is 0 Å². The average molecular weight is 477 g/mol. The van der Waals surface area contributed by atoms with E-state index in [1.54, 1.807) is 42.3 Å². The number of hydrogen-bond acceptors (Lipinski definition) is 6. The van der Waals surface area contributed by atoms with E-state index in [1.165, 1.54) is 11.0 Å². The number of ketones is 1. The molecule has 1 spiro atoms. The monoisotopic (exact) mass is 476 g/mol. The second kappa shape index (κ2) is 8.52. The number of methoxy groups -OCH3 is 1. The Labute approximate surface area is 203 Å². The topological polar surface area (TPSA) is 93.2 Å². The maximum Gasteiger partial charge on any atom is 0.261 e. The van der Waals surface area contributed by atoms with Crippen LogP contribution < -0.4 is 9.47 Å². The van der Waals surface area contributed by atoms with Crippen molar-refractivity contribution in [3.63, 3.8) is 0 Å². The lowest BCUT2D eigenvalue weighted by Gasteiger charge is -2.44. The lowest BCUT2D eigenvalue weighted by Crippen LogP contribution is -2.52. The van der Waals surface area contributed by atoms with Crippen LogP contribution in [0.15, 0.2) is 36.4 Å². The summed E-state index contributed by atoms with van der Waals surface area (Å²) in [7, 11) is 1.56. The van der Waals surface area contributed by atoms with Gasteiger partial charge in [-0.3, -0.25) is 24.1 Å². The number of imide groups is 1. The summed E-state index contributed by atoms with van der Waals surface area (Å²) in [5, 5.41) is 0. The first kappa shape index (κ1) is 23.1. The van der Waals surface area contributed by atoms with Crippen LogP contribution >= 0.6 is 0 Å². The van der Waals surface area contributed by atoms with Crippen LogP contribution in [-0.2, 0) is 0 Å². The van der Waals surface area contributed by atoms with Crippen molar-refractivity contribution in [2.45, 2.75) is 38.7 Å².